The molecule has 1 nitrogen and oxygen atoms in total. The highest BCUT2D eigenvalue weighted by molar-refractivity contribution is 5.19. The third-order valence-corrected chi connectivity index (χ3v) is 2.76. The summed E-state index contributed by atoms with van der Waals surface area (Å²) in [6, 6.07) is 11.0. The van der Waals surface area contributed by atoms with Crippen molar-refractivity contribution in [2.24, 2.45) is 0 Å². The second kappa shape index (κ2) is 5.36. The van der Waals surface area contributed by atoms with Crippen molar-refractivity contribution < 1.29 is 0 Å². The van der Waals surface area contributed by atoms with Crippen LogP contribution in [0, 0.1) is 0 Å². The summed E-state index contributed by atoms with van der Waals surface area (Å²) in [4.78, 5) is 2.34. The monoisotopic (exact) mass is 211 g/mol. The van der Waals surface area contributed by atoms with E-state index in [1.165, 1.54) is 5.56 Å². The minimum atomic E-state index is 0.447. The first-order valence-electron chi connectivity index (χ1n) is 5.65. The van der Waals surface area contributed by atoms with Gasteiger partial charge in [-0.2, -0.15) is 0 Å². The van der Waals surface area contributed by atoms with E-state index in [1.807, 2.05) is 6.08 Å². The number of hydrogen-bond donors (Lipinski definition) is 0. The number of rotatable bonds is 4. The SMILES string of the molecule is C=CCC1C=CC=CN1Cc1ccccc1. The van der Waals surface area contributed by atoms with E-state index in [0.29, 0.717) is 6.04 Å². The van der Waals surface area contributed by atoms with E-state index >= 15 is 0 Å². The summed E-state index contributed by atoms with van der Waals surface area (Å²) in [6.07, 6.45) is 11.5. The molecule has 1 aromatic carbocycles. The highest BCUT2D eigenvalue weighted by Gasteiger charge is 2.12. The molecule has 0 saturated carbocycles. The Labute approximate surface area is 97.4 Å². The number of benzene rings is 1. The van der Waals surface area contributed by atoms with Gasteiger partial charge in [0.05, 0.1) is 6.04 Å². The van der Waals surface area contributed by atoms with Crippen LogP contribution in [0.4, 0.5) is 0 Å². The fourth-order valence-corrected chi connectivity index (χ4v) is 1.92. The lowest BCUT2D eigenvalue weighted by atomic mass is 10.1. The van der Waals surface area contributed by atoms with E-state index in [9.17, 15) is 0 Å². The predicted molar refractivity (Wildman–Crippen MR) is 68.9 cm³/mol. The summed E-state index contributed by atoms with van der Waals surface area (Å²) in [5.41, 5.74) is 1.34. The smallest absolute Gasteiger partial charge is 0.0508 e. The van der Waals surface area contributed by atoms with Crippen LogP contribution in [0.1, 0.15) is 12.0 Å². The summed E-state index contributed by atoms with van der Waals surface area (Å²) < 4.78 is 0. The number of hydrogen-bond acceptors (Lipinski definition) is 1. The molecule has 0 bridgehead atoms. The van der Waals surface area contributed by atoms with Gasteiger partial charge in [-0.25, -0.2) is 0 Å². The van der Waals surface area contributed by atoms with Crippen LogP contribution in [0.15, 0.2) is 67.4 Å². The van der Waals surface area contributed by atoms with Gasteiger partial charge in [-0.1, -0.05) is 48.6 Å². The van der Waals surface area contributed by atoms with Crippen LogP contribution in [-0.2, 0) is 6.54 Å². The lowest BCUT2D eigenvalue weighted by Gasteiger charge is -2.29. The van der Waals surface area contributed by atoms with Crippen LogP contribution in [0.25, 0.3) is 0 Å². The van der Waals surface area contributed by atoms with Gasteiger partial charge in [0.2, 0.25) is 0 Å². The molecule has 0 saturated heterocycles. The van der Waals surface area contributed by atoms with Crippen molar-refractivity contribution in [3.63, 3.8) is 0 Å². The van der Waals surface area contributed by atoms with Gasteiger partial charge in [0.1, 0.15) is 0 Å². The van der Waals surface area contributed by atoms with Crippen molar-refractivity contribution in [1.82, 2.24) is 4.90 Å². The molecule has 1 unspecified atom stereocenters. The molecule has 1 atom stereocenters. The maximum atomic E-state index is 3.81. The van der Waals surface area contributed by atoms with Gasteiger partial charge >= 0.3 is 0 Å². The molecule has 2 rings (SSSR count). The molecule has 0 aromatic heterocycles. The quantitative estimate of drug-likeness (QED) is 0.689. The molecule has 1 aliphatic rings. The molecule has 0 amide bonds. The third-order valence-electron chi connectivity index (χ3n) is 2.76. The second-order valence-corrected chi connectivity index (χ2v) is 3.98. The highest BCUT2D eigenvalue weighted by atomic mass is 15.1. The first-order chi connectivity index (χ1) is 7.90. The first-order valence-corrected chi connectivity index (χ1v) is 5.65. The van der Waals surface area contributed by atoms with Crippen molar-refractivity contribution in [3.05, 3.63) is 73.0 Å². The topological polar surface area (TPSA) is 3.24 Å². The van der Waals surface area contributed by atoms with Gasteiger partial charge in [0.25, 0.3) is 0 Å². The predicted octanol–water partition coefficient (Wildman–Crippen LogP) is 3.52. The molecule has 1 heteroatoms. The maximum absolute atomic E-state index is 3.81. The van der Waals surface area contributed by atoms with Gasteiger partial charge in [-0.05, 0) is 24.3 Å². The van der Waals surface area contributed by atoms with E-state index in [1.54, 1.807) is 0 Å². The van der Waals surface area contributed by atoms with Gasteiger partial charge in [-0.3, -0.25) is 0 Å². The Morgan fingerprint density at radius 3 is 2.75 bits per heavy atom. The van der Waals surface area contributed by atoms with Crippen LogP contribution in [0.5, 0.6) is 0 Å². The third kappa shape index (κ3) is 2.63. The van der Waals surface area contributed by atoms with E-state index in [4.69, 9.17) is 0 Å². The molecule has 0 aliphatic carbocycles. The molecular formula is C15H17N. The average molecular weight is 211 g/mol. The van der Waals surface area contributed by atoms with Crippen molar-refractivity contribution in [1.29, 1.82) is 0 Å². The zero-order chi connectivity index (χ0) is 11.2. The molecule has 16 heavy (non-hydrogen) atoms. The number of nitrogens with zero attached hydrogens (tertiary/aromatic N) is 1. The largest absolute Gasteiger partial charge is 0.366 e. The van der Waals surface area contributed by atoms with Gasteiger partial charge in [0.15, 0.2) is 0 Å². The van der Waals surface area contributed by atoms with Crippen LogP contribution in [-0.4, -0.2) is 10.9 Å². The Balaban J connectivity index is 2.05. The van der Waals surface area contributed by atoms with Crippen molar-refractivity contribution >= 4 is 0 Å². The molecule has 0 fully saturated rings. The molecule has 0 spiro atoms. The summed E-state index contributed by atoms with van der Waals surface area (Å²) in [6.45, 7) is 4.77. The van der Waals surface area contributed by atoms with Gasteiger partial charge < -0.3 is 4.90 Å². The molecule has 1 aliphatic heterocycles. The van der Waals surface area contributed by atoms with E-state index in [-0.39, 0.29) is 0 Å². The average Bonchev–Trinajstić information content (AvgIpc) is 2.33. The zero-order valence-corrected chi connectivity index (χ0v) is 9.42. The molecular weight excluding hydrogens is 194 g/mol. The highest BCUT2D eigenvalue weighted by Crippen LogP contribution is 2.16. The van der Waals surface area contributed by atoms with Gasteiger partial charge in [-0.15, -0.1) is 6.58 Å². The second-order valence-electron chi connectivity index (χ2n) is 3.98. The lowest BCUT2D eigenvalue weighted by Crippen LogP contribution is -2.29. The molecule has 0 radical (unpaired) electrons. The molecule has 1 heterocycles. The Hall–Kier alpha value is -1.76. The van der Waals surface area contributed by atoms with Crippen molar-refractivity contribution in [2.45, 2.75) is 19.0 Å². The van der Waals surface area contributed by atoms with Gasteiger partial charge in [0, 0.05) is 6.54 Å². The van der Waals surface area contributed by atoms with Crippen molar-refractivity contribution in [3.8, 4) is 0 Å². The lowest BCUT2D eigenvalue weighted by molar-refractivity contribution is 0.309. The number of allylic oxidation sites excluding steroid dienone is 2. The molecule has 0 N–H and O–H groups in total. The van der Waals surface area contributed by atoms with E-state index in [2.05, 4.69) is 66.2 Å². The molecule has 1 aromatic rings. The Morgan fingerprint density at radius 2 is 2.00 bits per heavy atom. The first kappa shape index (κ1) is 10.7. The van der Waals surface area contributed by atoms with Crippen LogP contribution < -0.4 is 0 Å². The van der Waals surface area contributed by atoms with Crippen molar-refractivity contribution in [2.75, 3.05) is 0 Å². The Kier molecular flexibility index (Phi) is 3.60. The zero-order valence-electron chi connectivity index (χ0n) is 9.42. The standard InChI is InChI=1S/C15H17N/c1-2-8-15-11-6-7-12-16(15)13-14-9-4-3-5-10-14/h2-7,9-12,15H,1,8,13H2. The Bertz CT molecular complexity index is 389. The normalized spacial score (nSPS) is 18.8. The summed E-state index contributed by atoms with van der Waals surface area (Å²) in [5, 5.41) is 0. The molecule has 82 valence electrons. The van der Waals surface area contributed by atoms with Crippen LogP contribution >= 0.6 is 0 Å². The van der Waals surface area contributed by atoms with Crippen LogP contribution in [0.2, 0.25) is 0 Å². The fraction of sp³-hybridized carbons (Fsp3) is 0.200. The van der Waals surface area contributed by atoms with E-state index < -0.39 is 0 Å². The van der Waals surface area contributed by atoms with Crippen LogP contribution in [0.3, 0.4) is 0 Å². The summed E-state index contributed by atoms with van der Waals surface area (Å²) in [7, 11) is 0. The summed E-state index contributed by atoms with van der Waals surface area (Å²) >= 11 is 0. The fourth-order valence-electron chi connectivity index (χ4n) is 1.92. The summed E-state index contributed by atoms with van der Waals surface area (Å²) in [5.74, 6) is 0. The maximum Gasteiger partial charge on any atom is 0.0508 e. The minimum Gasteiger partial charge on any atom is -0.366 e. The van der Waals surface area contributed by atoms with E-state index in [0.717, 1.165) is 13.0 Å². The minimum absolute atomic E-state index is 0.447. The Morgan fingerprint density at radius 1 is 1.19 bits per heavy atom.